The Hall–Kier alpha value is -0.860. The predicted octanol–water partition coefficient (Wildman–Crippen LogP) is 1.83. The van der Waals surface area contributed by atoms with E-state index in [0.717, 1.165) is 26.1 Å². The van der Waals surface area contributed by atoms with Crippen molar-refractivity contribution < 1.29 is 0 Å². The van der Waals surface area contributed by atoms with Gasteiger partial charge < -0.3 is 5.32 Å². The Morgan fingerprint density at radius 2 is 2.33 bits per heavy atom. The van der Waals surface area contributed by atoms with Gasteiger partial charge in [0.1, 0.15) is 0 Å². The molecule has 0 bridgehead atoms. The summed E-state index contributed by atoms with van der Waals surface area (Å²) in [5.74, 6) is 0. The Kier molecular flexibility index (Phi) is 3.39. The molecule has 1 aromatic carbocycles. The minimum Gasteiger partial charge on any atom is -0.314 e. The maximum absolute atomic E-state index is 3.46. The van der Waals surface area contributed by atoms with Crippen LogP contribution in [0.15, 0.2) is 24.3 Å². The maximum Gasteiger partial charge on any atom is 0.0470 e. The number of aryl methyl sites for hydroxylation is 1. The van der Waals surface area contributed by atoms with Crippen molar-refractivity contribution >= 4 is 0 Å². The van der Waals surface area contributed by atoms with Gasteiger partial charge in [0.2, 0.25) is 0 Å². The predicted molar refractivity (Wildman–Crippen MR) is 64.1 cm³/mol. The first kappa shape index (κ1) is 10.7. The molecule has 1 N–H and O–H groups in total. The summed E-state index contributed by atoms with van der Waals surface area (Å²) in [6.45, 7) is 5.53. The summed E-state index contributed by atoms with van der Waals surface area (Å²) in [5, 5.41) is 3.46. The Morgan fingerprint density at radius 1 is 1.47 bits per heavy atom. The average Bonchev–Trinajstić information content (AvgIpc) is 2.30. The normalized spacial score (nSPS) is 22.9. The van der Waals surface area contributed by atoms with Crippen LogP contribution in [0.1, 0.15) is 24.1 Å². The first-order valence-corrected chi connectivity index (χ1v) is 5.81. The maximum atomic E-state index is 3.46. The van der Waals surface area contributed by atoms with E-state index in [1.165, 1.54) is 11.1 Å². The van der Waals surface area contributed by atoms with E-state index in [1.807, 2.05) is 0 Å². The monoisotopic (exact) mass is 204 g/mol. The van der Waals surface area contributed by atoms with Crippen LogP contribution in [0.2, 0.25) is 0 Å². The second-order valence-electron chi connectivity index (χ2n) is 4.30. The van der Waals surface area contributed by atoms with Crippen molar-refractivity contribution in [2.75, 3.05) is 26.7 Å². The number of likely N-dealkylation sites (N-methyl/N-ethyl adjacent to an activating group) is 1. The summed E-state index contributed by atoms with van der Waals surface area (Å²) in [4.78, 5) is 2.44. The quantitative estimate of drug-likeness (QED) is 0.790. The highest BCUT2D eigenvalue weighted by atomic mass is 15.2. The summed E-state index contributed by atoms with van der Waals surface area (Å²) in [7, 11) is 2.21. The zero-order chi connectivity index (χ0) is 10.7. The Balaban J connectivity index is 2.19. The van der Waals surface area contributed by atoms with E-state index in [2.05, 4.69) is 48.5 Å². The van der Waals surface area contributed by atoms with Crippen molar-refractivity contribution in [2.24, 2.45) is 0 Å². The van der Waals surface area contributed by atoms with E-state index >= 15 is 0 Å². The zero-order valence-corrected chi connectivity index (χ0v) is 9.66. The average molecular weight is 204 g/mol. The lowest BCUT2D eigenvalue weighted by molar-refractivity contribution is 0.202. The van der Waals surface area contributed by atoms with Crippen molar-refractivity contribution in [2.45, 2.75) is 19.4 Å². The molecular formula is C13H20N2. The standard InChI is InChI=1S/C13H20N2/c1-3-11-5-4-6-12(9-11)13-10-14-7-8-15(13)2/h4-6,9,13-14H,3,7-8,10H2,1-2H3. The smallest absolute Gasteiger partial charge is 0.0470 e. The molecular weight excluding hydrogens is 184 g/mol. The van der Waals surface area contributed by atoms with Gasteiger partial charge in [0.05, 0.1) is 0 Å². The van der Waals surface area contributed by atoms with Crippen LogP contribution in [0, 0.1) is 0 Å². The lowest BCUT2D eigenvalue weighted by atomic mass is 10.0. The molecule has 0 aromatic heterocycles. The number of benzene rings is 1. The molecule has 1 aliphatic rings. The molecule has 1 aromatic rings. The molecule has 0 saturated carbocycles. The molecule has 2 heteroatoms. The fourth-order valence-electron chi connectivity index (χ4n) is 2.20. The summed E-state index contributed by atoms with van der Waals surface area (Å²) in [5.41, 5.74) is 2.88. The molecule has 1 aliphatic heterocycles. The van der Waals surface area contributed by atoms with Gasteiger partial charge in [-0.05, 0) is 24.6 Å². The fraction of sp³-hybridized carbons (Fsp3) is 0.538. The second-order valence-corrected chi connectivity index (χ2v) is 4.30. The number of hydrogen-bond acceptors (Lipinski definition) is 2. The van der Waals surface area contributed by atoms with Crippen molar-refractivity contribution in [1.82, 2.24) is 10.2 Å². The summed E-state index contributed by atoms with van der Waals surface area (Å²) < 4.78 is 0. The Labute approximate surface area is 92.3 Å². The minimum atomic E-state index is 0.547. The van der Waals surface area contributed by atoms with Gasteiger partial charge in [0.25, 0.3) is 0 Å². The van der Waals surface area contributed by atoms with E-state index in [4.69, 9.17) is 0 Å². The Bertz CT molecular complexity index is 322. The van der Waals surface area contributed by atoms with Gasteiger partial charge in [-0.3, -0.25) is 4.90 Å². The van der Waals surface area contributed by atoms with Gasteiger partial charge in [0, 0.05) is 25.7 Å². The summed E-state index contributed by atoms with van der Waals surface area (Å²) >= 11 is 0. The lowest BCUT2D eigenvalue weighted by Crippen LogP contribution is -2.43. The van der Waals surface area contributed by atoms with Gasteiger partial charge >= 0.3 is 0 Å². The van der Waals surface area contributed by atoms with Crippen molar-refractivity contribution in [3.63, 3.8) is 0 Å². The molecule has 0 amide bonds. The number of hydrogen-bond donors (Lipinski definition) is 1. The molecule has 1 heterocycles. The van der Waals surface area contributed by atoms with Crippen LogP contribution in [0.5, 0.6) is 0 Å². The van der Waals surface area contributed by atoms with E-state index in [1.54, 1.807) is 0 Å². The molecule has 0 radical (unpaired) electrons. The van der Waals surface area contributed by atoms with Crippen molar-refractivity contribution in [3.8, 4) is 0 Å². The molecule has 2 nitrogen and oxygen atoms in total. The second kappa shape index (κ2) is 4.77. The molecule has 1 atom stereocenters. The van der Waals surface area contributed by atoms with Gasteiger partial charge in [-0.25, -0.2) is 0 Å². The fourth-order valence-corrected chi connectivity index (χ4v) is 2.20. The SMILES string of the molecule is CCc1cccc(C2CNCCN2C)c1. The first-order chi connectivity index (χ1) is 7.31. The summed E-state index contributed by atoms with van der Waals surface area (Å²) in [6, 6.07) is 9.52. The molecule has 1 saturated heterocycles. The number of nitrogens with zero attached hydrogens (tertiary/aromatic N) is 1. The zero-order valence-electron chi connectivity index (χ0n) is 9.66. The van der Waals surface area contributed by atoms with E-state index in [0.29, 0.717) is 6.04 Å². The molecule has 15 heavy (non-hydrogen) atoms. The van der Waals surface area contributed by atoms with Gasteiger partial charge in [-0.15, -0.1) is 0 Å². The minimum absolute atomic E-state index is 0.547. The molecule has 82 valence electrons. The third kappa shape index (κ3) is 2.39. The van der Waals surface area contributed by atoms with Gasteiger partial charge in [-0.1, -0.05) is 31.2 Å². The Morgan fingerprint density at radius 3 is 3.07 bits per heavy atom. The molecule has 0 aliphatic carbocycles. The molecule has 1 unspecified atom stereocenters. The molecule has 2 rings (SSSR count). The number of piperazine rings is 1. The first-order valence-electron chi connectivity index (χ1n) is 5.81. The van der Waals surface area contributed by atoms with E-state index in [9.17, 15) is 0 Å². The number of rotatable bonds is 2. The van der Waals surface area contributed by atoms with Gasteiger partial charge in [-0.2, -0.15) is 0 Å². The van der Waals surface area contributed by atoms with Crippen molar-refractivity contribution in [3.05, 3.63) is 35.4 Å². The van der Waals surface area contributed by atoms with E-state index in [-0.39, 0.29) is 0 Å². The largest absolute Gasteiger partial charge is 0.314 e. The van der Waals surface area contributed by atoms with Crippen LogP contribution in [0.4, 0.5) is 0 Å². The molecule has 1 fully saturated rings. The number of nitrogens with one attached hydrogen (secondary N) is 1. The highest BCUT2D eigenvalue weighted by Crippen LogP contribution is 2.21. The van der Waals surface area contributed by atoms with Crippen LogP contribution in [0.3, 0.4) is 0 Å². The highest BCUT2D eigenvalue weighted by Gasteiger charge is 2.19. The topological polar surface area (TPSA) is 15.3 Å². The van der Waals surface area contributed by atoms with Crippen LogP contribution in [-0.4, -0.2) is 31.6 Å². The third-order valence-electron chi connectivity index (χ3n) is 3.26. The van der Waals surface area contributed by atoms with Gasteiger partial charge in [0.15, 0.2) is 0 Å². The summed E-state index contributed by atoms with van der Waals surface area (Å²) in [6.07, 6.45) is 1.12. The lowest BCUT2D eigenvalue weighted by Gasteiger charge is -2.33. The molecule has 0 spiro atoms. The third-order valence-corrected chi connectivity index (χ3v) is 3.26. The van der Waals surface area contributed by atoms with E-state index < -0.39 is 0 Å². The van der Waals surface area contributed by atoms with Crippen LogP contribution >= 0.6 is 0 Å². The van der Waals surface area contributed by atoms with Crippen LogP contribution in [-0.2, 0) is 6.42 Å². The van der Waals surface area contributed by atoms with Crippen molar-refractivity contribution in [1.29, 1.82) is 0 Å². The van der Waals surface area contributed by atoms with Crippen LogP contribution in [0.25, 0.3) is 0 Å². The highest BCUT2D eigenvalue weighted by molar-refractivity contribution is 5.26. The van der Waals surface area contributed by atoms with Crippen LogP contribution < -0.4 is 5.32 Å².